The van der Waals surface area contributed by atoms with Crippen molar-refractivity contribution in [3.05, 3.63) is 60.6 Å². The Morgan fingerprint density at radius 1 is 1.12 bits per heavy atom. The van der Waals surface area contributed by atoms with E-state index in [4.69, 9.17) is 0 Å². The van der Waals surface area contributed by atoms with Gasteiger partial charge in [-0.15, -0.1) is 0 Å². The first-order chi connectivity index (χ1) is 8.43. The second-order valence-electron chi connectivity index (χ2n) is 3.76. The van der Waals surface area contributed by atoms with Crippen LogP contribution in [0, 0.1) is 0 Å². The summed E-state index contributed by atoms with van der Waals surface area (Å²) in [5.41, 5.74) is 3.07. The molecule has 17 heavy (non-hydrogen) atoms. The molecule has 0 saturated heterocycles. The lowest BCUT2D eigenvalue weighted by Gasteiger charge is -1.92. The summed E-state index contributed by atoms with van der Waals surface area (Å²) < 4.78 is 0. The molecule has 0 radical (unpaired) electrons. The molecule has 82 valence electrons. The molecule has 2 heterocycles. The summed E-state index contributed by atoms with van der Waals surface area (Å²) in [7, 11) is 0. The molecular formula is C14H11N3. The van der Waals surface area contributed by atoms with Gasteiger partial charge in [0.05, 0.1) is 11.9 Å². The summed E-state index contributed by atoms with van der Waals surface area (Å²) in [4.78, 5) is 11.6. The van der Waals surface area contributed by atoms with Crippen molar-refractivity contribution in [2.24, 2.45) is 4.99 Å². The van der Waals surface area contributed by atoms with Crippen molar-refractivity contribution < 1.29 is 0 Å². The predicted molar refractivity (Wildman–Crippen MR) is 69.8 cm³/mol. The highest BCUT2D eigenvalue weighted by molar-refractivity contribution is 5.99. The smallest absolute Gasteiger partial charge is 0.0813 e. The van der Waals surface area contributed by atoms with Gasteiger partial charge in [0.1, 0.15) is 0 Å². The van der Waals surface area contributed by atoms with Gasteiger partial charge in [-0.05, 0) is 18.2 Å². The first kappa shape index (κ1) is 9.78. The standard InChI is InChI=1S/C14H11N3/c1-2-6-14-13(5-1)11(9-17-14)8-16-12-4-3-7-15-10-12/h1-10,17H. The van der Waals surface area contributed by atoms with Crippen LogP contribution >= 0.6 is 0 Å². The van der Waals surface area contributed by atoms with Crippen molar-refractivity contribution >= 4 is 22.8 Å². The van der Waals surface area contributed by atoms with Crippen LogP contribution in [0.4, 0.5) is 5.69 Å². The molecule has 1 aromatic carbocycles. The minimum Gasteiger partial charge on any atom is -0.361 e. The number of benzene rings is 1. The SMILES string of the molecule is C(=Nc1cccnc1)c1c[nH]c2ccccc12. The number of rotatable bonds is 2. The molecule has 2 aromatic heterocycles. The molecule has 0 spiro atoms. The van der Waals surface area contributed by atoms with Crippen LogP contribution in [-0.2, 0) is 0 Å². The molecule has 0 aliphatic rings. The van der Waals surface area contributed by atoms with Crippen molar-refractivity contribution in [2.75, 3.05) is 0 Å². The molecule has 0 fully saturated rings. The number of fused-ring (bicyclic) bond motifs is 1. The van der Waals surface area contributed by atoms with Gasteiger partial charge >= 0.3 is 0 Å². The third-order valence-electron chi connectivity index (χ3n) is 2.62. The van der Waals surface area contributed by atoms with Crippen LogP contribution in [0.3, 0.4) is 0 Å². The molecule has 0 atom stereocenters. The first-order valence-corrected chi connectivity index (χ1v) is 5.44. The van der Waals surface area contributed by atoms with E-state index in [2.05, 4.69) is 27.1 Å². The summed E-state index contributed by atoms with van der Waals surface area (Å²) in [6.45, 7) is 0. The van der Waals surface area contributed by atoms with Gasteiger partial charge in [0, 0.05) is 35.1 Å². The highest BCUT2D eigenvalue weighted by Gasteiger charge is 1.99. The summed E-state index contributed by atoms with van der Waals surface area (Å²) in [6.07, 6.45) is 7.30. The van der Waals surface area contributed by atoms with Gasteiger partial charge in [-0.3, -0.25) is 9.98 Å². The molecule has 3 aromatic rings. The zero-order valence-corrected chi connectivity index (χ0v) is 9.17. The van der Waals surface area contributed by atoms with Crippen molar-refractivity contribution in [1.82, 2.24) is 9.97 Å². The number of pyridine rings is 1. The quantitative estimate of drug-likeness (QED) is 0.662. The Kier molecular flexibility index (Phi) is 2.43. The third kappa shape index (κ3) is 1.95. The largest absolute Gasteiger partial charge is 0.361 e. The van der Waals surface area contributed by atoms with E-state index in [-0.39, 0.29) is 0 Å². The predicted octanol–water partition coefficient (Wildman–Crippen LogP) is 3.31. The van der Waals surface area contributed by atoms with E-state index in [0.29, 0.717) is 0 Å². The van der Waals surface area contributed by atoms with E-state index >= 15 is 0 Å². The van der Waals surface area contributed by atoms with Crippen molar-refractivity contribution in [3.63, 3.8) is 0 Å². The van der Waals surface area contributed by atoms with E-state index in [0.717, 1.165) is 16.8 Å². The minimum atomic E-state index is 0.859. The van der Waals surface area contributed by atoms with Crippen LogP contribution < -0.4 is 0 Å². The summed E-state index contributed by atoms with van der Waals surface area (Å²) in [5.74, 6) is 0. The molecule has 0 amide bonds. The van der Waals surface area contributed by atoms with Gasteiger partial charge in [0.15, 0.2) is 0 Å². The normalized spacial score (nSPS) is 11.3. The van der Waals surface area contributed by atoms with Crippen LogP contribution in [0.5, 0.6) is 0 Å². The number of aromatic amines is 1. The summed E-state index contributed by atoms with van der Waals surface area (Å²) in [5, 5.41) is 1.18. The lowest BCUT2D eigenvalue weighted by Crippen LogP contribution is -1.77. The molecule has 3 rings (SSSR count). The molecular weight excluding hydrogens is 210 g/mol. The topological polar surface area (TPSA) is 41.0 Å². The van der Waals surface area contributed by atoms with E-state index in [1.807, 2.05) is 36.7 Å². The Balaban J connectivity index is 1.98. The van der Waals surface area contributed by atoms with Crippen LogP contribution in [0.25, 0.3) is 10.9 Å². The van der Waals surface area contributed by atoms with Crippen LogP contribution in [0.15, 0.2) is 60.0 Å². The Labute approximate surface area is 98.9 Å². The molecule has 3 nitrogen and oxygen atoms in total. The van der Waals surface area contributed by atoms with Gasteiger partial charge in [-0.2, -0.15) is 0 Å². The Morgan fingerprint density at radius 3 is 2.94 bits per heavy atom. The second-order valence-corrected chi connectivity index (χ2v) is 3.76. The van der Waals surface area contributed by atoms with Crippen LogP contribution in [-0.4, -0.2) is 16.2 Å². The molecule has 3 heteroatoms. The van der Waals surface area contributed by atoms with Crippen LogP contribution in [0.1, 0.15) is 5.56 Å². The number of para-hydroxylation sites is 1. The van der Waals surface area contributed by atoms with E-state index < -0.39 is 0 Å². The molecule has 0 saturated carbocycles. The lowest BCUT2D eigenvalue weighted by molar-refractivity contribution is 1.31. The maximum absolute atomic E-state index is 4.39. The van der Waals surface area contributed by atoms with Crippen molar-refractivity contribution in [1.29, 1.82) is 0 Å². The van der Waals surface area contributed by atoms with Gasteiger partial charge in [-0.1, -0.05) is 18.2 Å². The number of hydrogen-bond donors (Lipinski definition) is 1. The zero-order valence-electron chi connectivity index (χ0n) is 9.17. The molecule has 0 aliphatic carbocycles. The Hall–Kier alpha value is -2.42. The highest BCUT2D eigenvalue weighted by atomic mass is 14.8. The van der Waals surface area contributed by atoms with Gasteiger partial charge < -0.3 is 4.98 Å². The average molecular weight is 221 g/mol. The summed E-state index contributed by atoms with van der Waals surface area (Å²) in [6, 6.07) is 12.0. The Bertz CT molecular complexity index is 653. The minimum absolute atomic E-state index is 0.859. The fourth-order valence-corrected chi connectivity index (χ4v) is 1.77. The number of nitrogens with one attached hydrogen (secondary N) is 1. The lowest BCUT2D eigenvalue weighted by atomic mass is 10.2. The average Bonchev–Trinajstić information content (AvgIpc) is 2.81. The number of hydrogen-bond acceptors (Lipinski definition) is 2. The van der Waals surface area contributed by atoms with Gasteiger partial charge in [-0.25, -0.2) is 0 Å². The number of nitrogens with zero attached hydrogens (tertiary/aromatic N) is 2. The monoisotopic (exact) mass is 221 g/mol. The maximum Gasteiger partial charge on any atom is 0.0813 e. The fraction of sp³-hybridized carbons (Fsp3) is 0. The zero-order chi connectivity index (χ0) is 11.5. The van der Waals surface area contributed by atoms with Crippen molar-refractivity contribution in [2.45, 2.75) is 0 Å². The Morgan fingerprint density at radius 2 is 2.06 bits per heavy atom. The van der Waals surface area contributed by atoms with Gasteiger partial charge in [0.25, 0.3) is 0 Å². The number of aromatic nitrogens is 2. The fourth-order valence-electron chi connectivity index (χ4n) is 1.77. The van der Waals surface area contributed by atoms with Crippen LogP contribution in [0.2, 0.25) is 0 Å². The molecule has 0 aliphatic heterocycles. The van der Waals surface area contributed by atoms with E-state index in [9.17, 15) is 0 Å². The van der Waals surface area contributed by atoms with Crippen molar-refractivity contribution in [3.8, 4) is 0 Å². The molecule has 0 bridgehead atoms. The highest BCUT2D eigenvalue weighted by Crippen LogP contribution is 2.17. The third-order valence-corrected chi connectivity index (χ3v) is 2.62. The second kappa shape index (κ2) is 4.22. The molecule has 1 N–H and O–H groups in total. The number of H-pyrrole nitrogens is 1. The maximum atomic E-state index is 4.39. The first-order valence-electron chi connectivity index (χ1n) is 5.44. The van der Waals surface area contributed by atoms with E-state index in [1.54, 1.807) is 12.4 Å². The van der Waals surface area contributed by atoms with Gasteiger partial charge in [0.2, 0.25) is 0 Å². The van der Waals surface area contributed by atoms with E-state index in [1.165, 1.54) is 5.39 Å². The summed E-state index contributed by atoms with van der Waals surface area (Å²) >= 11 is 0. The molecule has 0 unspecified atom stereocenters. The number of aliphatic imine (C=N–C) groups is 1.